The van der Waals surface area contributed by atoms with Gasteiger partial charge in [-0.2, -0.15) is 0 Å². The normalized spacial score (nSPS) is 10.2. The minimum absolute atomic E-state index is 0.0508. The number of pyridine rings is 1. The summed E-state index contributed by atoms with van der Waals surface area (Å²) in [5, 5.41) is 9.20. The monoisotopic (exact) mass is 201 g/mol. The Morgan fingerprint density at radius 2 is 2.20 bits per heavy atom. The van der Waals surface area contributed by atoms with E-state index in [1.165, 1.54) is 0 Å². The second-order valence-electron chi connectivity index (χ2n) is 3.13. The predicted octanol–water partition coefficient (Wildman–Crippen LogP) is 1.53. The Bertz CT molecular complexity index is 517. The number of rotatable bonds is 2. The van der Waals surface area contributed by atoms with Crippen LogP contribution in [0.1, 0.15) is 5.69 Å². The molecule has 1 heterocycles. The van der Waals surface area contributed by atoms with Gasteiger partial charge in [-0.25, -0.2) is 0 Å². The van der Waals surface area contributed by atoms with Crippen molar-refractivity contribution in [3.63, 3.8) is 0 Å². The fourth-order valence-corrected chi connectivity index (χ4v) is 1.57. The summed E-state index contributed by atoms with van der Waals surface area (Å²) in [6.45, 7) is 0. The van der Waals surface area contributed by atoms with E-state index in [1.807, 2.05) is 24.3 Å². The van der Waals surface area contributed by atoms with Crippen molar-refractivity contribution in [2.45, 2.75) is 0 Å². The van der Waals surface area contributed by atoms with Crippen LogP contribution in [0.2, 0.25) is 0 Å². The van der Waals surface area contributed by atoms with Crippen molar-refractivity contribution in [1.82, 2.24) is 4.98 Å². The molecule has 0 fully saturated rings. The third kappa shape index (κ3) is 1.50. The summed E-state index contributed by atoms with van der Waals surface area (Å²) >= 11 is 0. The molecule has 76 valence electrons. The smallest absolute Gasteiger partial charge is 0.142 e. The molecule has 0 spiro atoms. The van der Waals surface area contributed by atoms with Crippen molar-refractivity contribution in [2.75, 3.05) is 7.11 Å². The Kier molecular flexibility index (Phi) is 2.25. The van der Waals surface area contributed by atoms with Gasteiger partial charge in [-0.05, 0) is 17.5 Å². The van der Waals surface area contributed by atoms with Crippen LogP contribution in [0.3, 0.4) is 0 Å². The summed E-state index contributed by atoms with van der Waals surface area (Å²) in [6, 6.07) is 7.53. The maximum atomic E-state index is 7.45. The number of benzene rings is 1. The number of hydrogen-bond donors (Lipinski definition) is 2. The highest BCUT2D eigenvalue weighted by atomic mass is 16.5. The van der Waals surface area contributed by atoms with Crippen LogP contribution >= 0.6 is 0 Å². The van der Waals surface area contributed by atoms with E-state index in [0.717, 1.165) is 10.8 Å². The summed E-state index contributed by atoms with van der Waals surface area (Å²) < 4.78 is 5.23. The SMILES string of the molecule is COc1cccc2ccnc(C(=N)N)c12. The first-order valence-electron chi connectivity index (χ1n) is 4.50. The highest BCUT2D eigenvalue weighted by molar-refractivity contribution is 6.07. The number of nitrogens with one attached hydrogen (secondary N) is 1. The van der Waals surface area contributed by atoms with Crippen LogP contribution in [0.4, 0.5) is 0 Å². The Labute approximate surface area is 87.2 Å². The molecule has 4 heteroatoms. The van der Waals surface area contributed by atoms with Gasteiger partial charge >= 0.3 is 0 Å². The zero-order valence-corrected chi connectivity index (χ0v) is 8.32. The molecule has 0 saturated carbocycles. The molecule has 1 aromatic carbocycles. The average molecular weight is 201 g/mol. The van der Waals surface area contributed by atoms with Gasteiger partial charge in [-0.15, -0.1) is 0 Å². The van der Waals surface area contributed by atoms with Crippen molar-refractivity contribution < 1.29 is 4.74 Å². The van der Waals surface area contributed by atoms with E-state index in [1.54, 1.807) is 13.3 Å². The predicted molar refractivity (Wildman–Crippen MR) is 59.3 cm³/mol. The van der Waals surface area contributed by atoms with Crippen molar-refractivity contribution in [1.29, 1.82) is 5.41 Å². The maximum Gasteiger partial charge on any atom is 0.142 e. The van der Waals surface area contributed by atoms with E-state index in [4.69, 9.17) is 15.9 Å². The summed E-state index contributed by atoms with van der Waals surface area (Å²) in [4.78, 5) is 4.09. The van der Waals surface area contributed by atoms with Crippen LogP contribution in [0, 0.1) is 5.41 Å². The molecular weight excluding hydrogens is 190 g/mol. The lowest BCUT2D eigenvalue weighted by molar-refractivity contribution is 0.419. The van der Waals surface area contributed by atoms with Gasteiger partial charge in [0.15, 0.2) is 0 Å². The third-order valence-corrected chi connectivity index (χ3v) is 2.23. The second kappa shape index (κ2) is 3.57. The molecular formula is C11H11N3O. The van der Waals surface area contributed by atoms with Gasteiger partial charge in [-0.3, -0.25) is 10.4 Å². The highest BCUT2D eigenvalue weighted by Gasteiger charge is 2.09. The number of ether oxygens (including phenoxy) is 1. The van der Waals surface area contributed by atoms with Gasteiger partial charge in [0.2, 0.25) is 0 Å². The Balaban J connectivity index is 2.87. The van der Waals surface area contributed by atoms with Crippen LogP contribution in [-0.4, -0.2) is 17.9 Å². The number of nitrogens with two attached hydrogens (primary N) is 1. The molecule has 0 saturated heterocycles. The van der Waals surface area contributed by atoms with E-state index in [9.17, 15) is 0 Å². The molecule has 0 unspecified atom stereocenters. The minimum Gasteiger partial charge on any atom is -0.496 e. The molecule has 1 aromatic heterocycles. The molecule has 0 aliphatic rings. The first kappa shape index (κ1) is 9.45. The molecule has 15 heavy (non-hydrogen) atoms. The summed E-state index contributed by atoms with van der Waals surface area (Å²) in [5.74, 6) is 0.635. The Morgan fingerprint density at radius 1 is 1.40 bits per heavy atom. The number of amidine groups is 1. The molecule has 0 radical (unpaired) electrons. The first-order valence-corrected chi connectivity index (χ1v) is 4.50. The minimum atomic E-state index is -0.0508. The number of nitrogens with zero attached hydrogens (tertiary/aromatic N) is 1. The molecule has 0 atom stereocenters. The van der Waals surface area contributed by atoms with Gasteiger partial charge in [-0.1, -0.05) is 12.1 Å². The lowest BCUT2D eigenvalue weighted by Crippen LogP contribution is -2.13. The van der Waals surface area contributed by atoms with Crippen LogP contribution in [0.5, 0.6) is 5.75 Å². The maximum absolute atomic E-state index is 7.45. The van der Waals surface area contributed by atoms with E-state index in [0.29, 0.717) is 11.4 Å². The molecule has 0 aliphatic heterocycles. The summed E-state index contributed by atoms with van der Waals surface area (Å²) in [7, 11) is 1.59. The molecule has 4 nitrogen and oxygen atoms in total. The van der Waals surface area contributed by atoms with Gasteiger partial charge in [0, 0.05) is 6.20 Å². The van der Waals surface area contributed by atoms with Crippen molar-refractivity contribution in [3.05, 3.63) is 36.2 Å². The Hall–Kier alpha value is -2.10. The second-order valence-corrected chi connectivity index (χ2v) is 3.13. The molecule has 2 rings (SSSR count). The summed E-state index contributed by atoms with van der Waals surface area (Å²) in [5.41, 5.74) is 5.93. The lowest BCUT2D eigenvalue weighted by Gasteiger charge is -2.08. The van der Waals surface area contributed by atoms with Crippen LogP contribution in [0.15, 0.2) is 30.5 Å². The average Bonchev–Trinajstić information content (AvgIpc) is 2.27. The Morgan fingerprint density at radius 3 is 2.87 bits per heavy atom. The van der Waals surface area contributed by atoms with Crippen LogP contribution in [-0.2, 0) is 0 Å². The van der Waals surface area contributed by atoms with Gasteiger partial charge in [0.05, 0.1) is 12.5 Å². The van der Waals surface area contributed by atoms with Gasteiger partial charge in [0.25, 0.3) is 0 Å². The number of methoxy groups -OCH3 is 1. The standard InChI is InChI=1S/C11H11N3O/c1-15-8-4-2-3-7-5-6-14-10(9(7)8)11(12)13/h2-6H,1H3,(H3,12,13). The third-order valence-electron chi connectivity index (χ3n) is 2.23. The largest absolute Gasteiger partial charge is 0.496 e. The van der Waals surface area contributed by atoms with E-state index in [2.05, 4.69) is 4.98 Å². The molecule has 3 N–H and O–H groups in total. The number of aromatic nitrogens is 1. The van der Waals surface area contributed by atoms with Crippen molar-refractivity contribution in [3.8, 4) is 5.75 Å². The topological polar surface area (TPSA) is 72.0 Å². The highest BCUT2D eigenvalue weighted by Crippen LogP contribution is 2.26. The van der Waals surface area contributed by atoms with Crippen LogP contribution in [0.25, 0.3) is 10.8 Å². The van der Waals surface area contributed by atoms with E-state index < -0.39 is 0 Å². The van der Waals surface area contributed by atoms with Gasteiger partial charge < -0.3 is 10.5 Å². The molecule has 2 aromatic rings. The lowest BCUT2D eigenvalue weighted by atomic mass is 10.1. The quantitative estimate of drug-likeness (QED) is 0.571. The zero-order chi connectivity index (χ0) is 10.8. The first-order chi connectivity index (χ1) is 7.24. The van der Waals surface area contributed by atoms with Gasteiger partial charge in [0.1, 0.15) is 17.3 Å². The molecule has 0 amide bonds. The fourth-order valence-electron chi connectivity index (χ4n) is 1.57. The number of nitrogen functional groups attached to an aromatic ring is 1. The fraction of sp³-hybridized carbons (Fsp3) is 0.0909. The van der Waals surface area contributed by atoms with Crippen molar-refractivity contribution >= 4 is 16.6 Å². The molecule has 0 aliphatic carbocycles. The van der Waals surface area contributed by atoms with Crippen LogP contribution < -0.4 is 10.5 Å². The van der Waals surface area contributed by atoms with Crippen molar-refractivity contribution in [2.24, 2.45) is 5.73 Å². The zero-order valence-electron chi connectivity index (χ0n) is 8.32. The molecule has 0 bridgehead atoms. The summed E-state index contributed by atoms with van der Waals surface area (Å²) in [6.07, 6.45) is 1.64. The van der Waals surface area contributed by atoms with E-state index >= 15 is 0 Å². The number of fused-ring (bicyclic) bond motifs is 1. The number of hydrogen-bond acceptors (Lipinski definition) is 3. The van der Waals surface area contributed by atoms with E-state index in [-0.39, 0.29) is 5.84 Å².